The highest BCUT2D eigenvalue weighted by atomic mass is 16.1. The predicted octanol–water partition coefficient (Wildman–Crippen LogP) is 2.01. The molecule has 88 valence electrons. The molecule has 1 heterocycles. The lowest BCUT2D eigenvalue weighted by Gasteiger charge is -2.18. The van der Waals surface area contributed by atoms with Gasteiger partial charge < -0.3 is 4.57 Å². The number of nitrogens with zero attached hydrogens (tertiary/aromatic N) is 2. The second-order valence-corrected chi connectivity index (χ2v) is 5.23. The van der Waals surface area contributed by atoms with Crippen molar-refractivity contribution in [1.82, 2.24) is 4.57 Å². The van der Waals surface area contributed by atoms with Gasteiger partial charge in [-0.3, -0.25) is 4.79 Å². The van der Waals surface area contributed by atoms with Crippen LogP contribution < -0.4 is 5.56 Å². The fraction of sp³-hybridized carbons (Fsp3) is 0.571. The van der Waals surface area contributed by atoms with Gasteiger partial charge >= 0.3 is 0 Å². The van der Waals surface area contributed by atoms with Crippen LogP contribution in [-0.2, 0) is 19.4 Å². The van der Waals surface area contributed by atoms with Gasteiger partial charge in [0.25, 0.3) is 5.56 Å². The summed E-state index contributed by atoms with van der Waals surface area (Å²) in [6, 6.07) is 2.12. The second-order valence-electron chi connectivity index (χ2n) is 5.23. The van der Waals surface area contributed by atoms with Crippen molar-refractivity contribution in [1.29, 1.82) is 5.26 Å². The molecular formula is C14H16N2O. The van der Waals surface area contributed by atoms with Crippen LogP contribution in [0.15, 0.2) is 11.0 Å². The molecule has 0 N–H and O–H groups in total. The van der Waals surface area contributed by atoms with E-state index in [0.29, 0.717) is 11.5 Å². The zero-order chi connectivity index (χ0) is 11.8. The largest absolute Gasteiger partial charge is 0.314 e. The first-order chi connectivity index (χ1) is 8.29. The van der Waals surface area contributed by atoms with Crippen molar-refractivity contribution < 1.29 is 0 Å². The van der Waals surface area contributed by atoms with Gasteiger partial charge in [-0.15, -0.1) is 0 Å². The smallest absolute Gasteiger partial charge is 0.268 e. The van der Waals surface area contributed by atoms with Gasteiger partial charge in [0.1, 0.15) is 11.6 Å². The van der Waals surface area contributed by atoms with Crippen LogP contribution in [0.1, 0.15) is 42.4 Å². The molecule has 0 bridgehead atoms. The van der Waals surface area contributed by atoms with E-state index in [-0.39, 0.29) is 5.56 Å². The average Bonchev–Trinajstić information content (AvgIpc) is 3.14. The normalized spacial score (nSPS) is 18.5. The Hall–Kier alpha value is -1.56. The lowest BCUT2D eigenvalue weighted by atomic mass is 9.90. The van der Waals surface area contributed by atoms with Crippen LogP contribution in [0.25, 0.3) is 0 Å². The monoisotopic (exact) mass is 228 g/mol. The first kappa shape index (κ1) is 10.6. The third-order valence-electron chi connectivity index (χ3n) is 3.86. The molecule has 3 rings (SSSR count). The molecular weight excluding hydrogens is 212 g/mol. The number of nitriles is 1. The minimum atomic E-state index is -0.0694. The van der Waals surface area contributed by atoms with E-state index in [2.05, 4.69) is 6.07 Å². The summed E-state index contributed by atoms with van der Waals surface area (Å²) < 4.78 is 1.78. The first-order valence-electron chi connectivity index (χ1n) is 6.45. The van der Waals surface area contributed by atoms with Crippen LogP contribution in [0.3, 0.4) is 0 Å². The highest BCUT2D eigenvalue weighted by Crippen LogP contribution is 2.31. The maximum absolute atomic E-state index is 12.2. The van der Waals surface area contributed by atoms with E-state index in [1.807, 2.05) is 6.20 Å². The van der Waals surface area contributed by atoms with E-state index in [1.54, 1.807) is 4.57 Å². The van der Waals surface area contributed by atoms with E-state index in [1.165, 1.54) is 24.8 Å². The molecule has 0 saturated heterocycles. The number of aryl methyl sites for hydroxylation is 1. The summed E-state index contributed by atoms with van der Waals surface area (Å²) in [5, 5.41) is 9.19. The molecule has 1 fully saturated rings. The van der Waals surface area contributed by atoms with E-state index in [0.717, 1.165) is 31.4 Å². The molecule has 0 unspecified atom stereocenters. The SMILES string of the molecule is N#Cc1c2c(cn(CC3CC3)c1=O)CCCC2. The van der Waals surface area contributed by atoms with Crippen LogP contribution in [0.4, 0.5) is 0 Å². The van der Waals surface area contributed by atoms with Crippen molar-refractivity contribution in [2.75, 3.05) is 0 Å². The van der Waals surface area contributed by atoms with Crippen LogP contribution in [0.5, 0.6) is 0 Å². The number of aromatic nitrogens is 1. The highest BCUT2D eigenvalue weighted by Gasteiger charge is 2.24. The average molecular weight is 228 g/mol. The Balaban J connectivity index is 2.11. The number of fused-ring (bicyclic) bond motifs is 1. The van der Waals surface area contributed by atoms with Gasteiger partial charge in [0.2, 0.25) is 0 Å². The Morgan fingerprint density at radius 1 is 1.35 bits per heavy atom. The van der Waals surface area contributed by atoms with Gasteiger partial charge in [-0.05, 0) is 55.6 Å². The number of pyridine rings is 1. The third kappa shape index (κ3) is 1.88. The lowest BCUT2D eigenvalue weighted by Crippen LogP contribution is -2.27. The van der Waals surface area contributed by atoms with E-state index < -0.39 is 0 Å². The Morgan fingerprint density at radius 3 is 2.82 bits per heavy atom. The third-order valence-corrected chi connectivity index (χ3v) is 3.86. The molecule has 3 heteroatoms. The highest BCUT2D eigenvalue weighted by molar-refractivity contribution is 5.42. The Kier molecular flexibility index (Phi) is 2.51. The summed E-state index contributed by atoms with van der Waals surface area (Å²) in [7, 11) is 0. The summed E-state index contributed by atoms with van der Waals surface area (Å²) in [6.45, 7) is 0.806. The fourth-order valence-electron chi connectivity index (χ4n) is 2.71. The Bertz CT molecular complexity index is 547. The summed E-state index contributed by atoms with van der Waals surface area (Å²) in [6.07, 6.45) is 8.67. The van der Waals surface area contributed by atoms with Gasteiger partial charge in [-0.25, -0.2) is 0 Å². The molecule has 2 aliphatic rings. The summed E-state index contributed by atoms with van der Waals surface area (Å²) in [5.74, 6) is 0.667. The van der Waals surface area contributed by atoms with Gasteiger partial charge in [0, 0.05) is 12.7 Å². The van der Waals surface area contributed by atoms with Crippen molar-refractivity contribution in [2.24, 2.45) is 5.92 Å². The molecule has 0 amide bonds. The summed E-state index contributed by atoms with van der Waals surface area (Å²) in [5.41, 5.74) is 2.59. The number of hydrogen-bond donors (Lipinski definition) is 0. The summed E-state index contributed by atoms with van der Waals surface area (Å²) in [4.78, 5) is 12.2. The van der Waals surface area contributed by atoms with Crippen molar-refractivity contribution in [2.45, 2.75) is 45.1 Å². The van der Waals surface area contributed by atoms with Crippen molar-refractivity contribution >= 4 is 0 Å². The maximum Gasteiger partial charge on any atom is 0.268 e. The summed E-state index contributed by atoms with van der Waals surface area (Å²) >= 11 is 0. The molecule has 2 aliphatic carbocycles. The number of rotatable bonds is 2. The van der Waals surface area contributed by atoms with Crippen molar-refractivity contribution in [3.8, 4) is 6.07 Å². The Labute approximate surface area is 101 Å². The maximum atomic E-state index is 12.2. The minimum absolute atomic E-state index is 0.0694. The van der Waals surface area contributed by atoms with E-state index >= 15 is 0 Å². The lowest BCUT2D eigenvalue weighted by molar-refractivity contribution is 0.586. The molecule has 1 aromatic rings. The first-order valence-corrected chi connectivity index (χ1v) is 6.45. The van der Waals surface area contributed by atoms with Gasteiger partial charge in [0.05, 0.1) is 0 Å². The minimum Gasteiger partial charge on any atom is -0.314 e. The van der Waals surface area contributed by atoms with E-state index in [9.17, 15) is 10.1 Å². The quantitative estimate of drug-likeness (QED) is 0.777. The molecule has 17 heavy (non-hydrogen) atoms. The molecule has 0 aromatic carbocycles. The molecule has 0 radical (unpaired) electrons. The molecule has 3 nitrogen and oxygen atoms in total. The second kappa shape index (κ2) is 4.03. The zero-order valence-electron chi connectivity index (χ0n) is 9.91. The number of hydrogen-bond acceptors (Lipinski definition) is 2. The predicted molar refractivity (Wildman–Crippen MR) is 64.8 cm³/mol. The molecule has 0 spiro atoms. The molecule has 0 aliphatic heterocycles. The van der Waals surface area contributed by atoms with E-state index in [4.69, 9.17) is 0 Å². The van der Waals surface area contributed by atoms with Crippen LogP contribution >= 0.6 is 0 Å². The molecule has 1 saturated carbocycles. The topological polar surface area (TPSA) is 45.8 Å². The molecule has 1 aromatic heterocycles. The van der Waals surface area contributed by atoms with Crippen LogP contribution in [0.2, 0.25) is 0 Å². The van der Waals surface area contributed by atoms with Gasteiger partial charge in [-0.2, -0.15) is 5.26 Å². The van der Waals surface area contributed by atoms with Crippen LogP contribution in [0, 0.1) is 17.2 Å². The Morgan fingerprint density at radius 2 is 2.12 bits per heavy atom. The van der Waals surface area contributed by atoms with Crippen LogP contribution in [-0.4, -0.2) is 4.57 Å². The van der Waals surface area contributed by atoms with Gasteiger partial charge in [0.15, 0.2) is 0 Å². The van der Waals surface area contributed by atoms with Gasteiger partial charge in [-0.1, -0.05) is 0 Å². The van der Waals surface area contributed by atoms with Crippen molar-refractivity contribution in [3.05, 3.63) is 33.2 Å². The fourth-order valence-corrected chi connectivity index (χ4v) is 2.71. The zero-order valence-corrected chi connectivity index (χ0v) is 9.91. The molecule has 0 atom stereocenters. The standard InChI is InChI=1S/C14H16N2O/c15-7-13-12-4-2-1-3-11(12)9-16(14(13)17)8-10-5-6-10/h9-10H,1-6,8H2. The van der Waals surface area contributed by atoms with Crippen molar-refractivity contribution in [3.63, 3.8) is 0 Å².